The lowest BCUT2D eigenvalue weighted by atomic mass is 9.99. The quantitative estimate of drug-likeness (QED) is 0.454. The molecular formula is C23H25ClN6O2. The first kappa shape index (κ1) is 22.0. The molecule has 1 unspecified atom stereocenters. The molecule has 0 radical (unpaired) electrons. The van der Waals surface area contributed by atoms with Crippen molar-refractivity contribution in [2.24, 2.45) is 7.05 Å². The van der Waals surface area contributed by atoms with Crippen LogP contribution in [0.2, 0.25) is 5.02 Å². The Hall–Kier alpha value is -3.23. The molecule has 0 aliphatic rings. The maximum Gasteiger partial charge on any atom is 0.264 e. The van der Waals surface area contributed by atoms with Crippen molar-refractivity contribution in [3.05, 3.63) is 69.0 Å². The van der Waals surface area contributed by atoms with E-state index < -0.39 is 0 Å². The van der Waals surface area contributed by atoms with E-state index in [0.29, 0.717) is 22.2 Å². The summed E-state index contributed by atoms with van der Waals surface area (Å²) in [6.45, 7) is 5.89. The van der Waals surface area contributed by atoms with Crippen LogP contribution in [0.4, 0.5) is 5.95 Å². The van der Waals surface area contributed by atoms with Crippen LogP contribution in [0.1, 0.15) is 36.8 Å². The molecule has 4 rings (SSSR count). The van der Waals surface area contributed by atoms with E-state index in [2.05, 4.69) is 20.3 Å². The molecule has 0 saturated heterocycles. The minimum atomic E-state index is -0.371. The third-order valence-corrected chi connectivity index (χ3v) is 5.53. The summed E-state index contributed by atoms with van der Waals surface area (Å²) in [7, 11) is 3.34. The standard InChI is InChI=1S/C23H25ClN6O2/c1-12(2)28-23-27-11-18(22(31)30(23)4)19-7-6-15(13(3)29-19)20(32-5)17-10-26-21-16(17)8-14(24)9-25-21/h6-12,20H,1-5H3,(H,25,26)(H,27,28). The minimum Gasteiger partial charge on any atom is -0.372 e. The van der Waals surface area contributed by atoms with Crippen LogP contribution < -0.4 is 10.9 Å². The van der Waals surface area contributed by atoms with Crippen molar-refractivity contribution in [2.45, 2.75) is 32.9 Å². The summed E-state index contributed by atoms with van der Waals surface area (Å²) in [5.74, 6) is 0.521. The first-order chi connectivity index (χ1) is 15.3. The Bertz CT molecular complexity index is 1340. The second-order valence-corrected chi connectivity index (χ2v) is 8.38. The maximum atomic E-state index is 12.9. The van der Waals surface area contributed by atoms with Crippen molar-refractivity contribution < 1.29 is 4.74 Å². The molecule has 9 heteroatoms. The van der Waals surface area contributed by atoms with Crippen LogP contribution in [0.5, 0.6) is 0 Å². The van der Waals surface area contributed by atoms with Gasteiger partial charge in [-0.2, -0.15) is 0 Å². The summed E-state index contributed by atoms with van der Waals surface area (Å²) in [4.78, 5) is 29.5. The average molecular weight is 453 g/mol. The van der Waals surface area contributed by atoms with E-state index in [0.717, 1.165) is 27.9 Å². The number of rotatable bonds is 6. The van der Waals surface area contributed by atoms with Crippen molar-refractivity contribution in [1.29, 1.82) is 0 Å². The Morgan fingerprint density at radius 3 is 2.66 bits per heavy atom. The largest absolute Gasteiger partial charge is 0.372 e. The number of ether oxygens (including phenoxy) is 1. The van der Waals surface area contributed by atoms with E-state index in [1.165, 1.54) is 4.57 Å². The molecule has 166 valence electrons. The van der Waals surface area contributed by atoms with Crippen LogP contribution in [0.3, 0.4) is 0 Å². The second-order valence-electron chi connectivity index (χ2n) is 7.94. The molecule has 0 bridgehead atoms. The molecule has 4 heterocycles. The molecule has 0 aliphatic carbocycles. The summed E-state index contributed by atoms with van der Waals surface area (Å²) in [5.41, 5.74) is 4.13. The smallest absolute Gasteiger partial charge is 0.264 e. The molecule has 0 aliphatic heterocycles. The van der Waals surface area contributed by atoms with Crippen molar-refractivity contribution in [3.8, 4) is 11.3 Å². The molecule has 4 aromatic heterocycles. The molecule has 2 N–H and O–H groups in total. The number of nitrogens with zero attached hydrogens (tertiary/aromatic N) is 4. The van der Waals surface area contributed by atoms with E-state index in [1.54, 1.807) is 26.6 Å². The zero-order valence-electron chi connectivity index (χ0n) is 18.6. The normalized spacial score (nSPS) is 12.5. The number of hydrogen-bond acceptors (Lipinski definition) is 6. The molecule has 0 fully saturated rings. The minimum absolute atomic E-state index is 0.163. The number of aryl methyl sites for hydroxylation is 1. The molecule has 1 atom stereocenters. The highest BCUT2D eigenvalue weighted by Gasteiger charge is 2.22. The highest BCUT2D eigenvalue weighted by molar-refractivity contribution is 6.31. The Labute approximate surface area is 190 Å². The van der Waals surface area contributed by atoms with E-state index in [1.807, 2.05) is 45.2 Å². The molecule has 0 aromatic carbocycles. The Morgan fingerprint density at radius 1 is 1.19 bits per heavy atom. The summed E-state index contributed by atoms with van der Waals surface area (Å²) >= 11 is 6.16. The van der Waals surface area contributed by atoms with Gasteiger partial charge in [0.25, 0.3) is 5.56 Å². The van der Waals surface area contributed by atoms with Crippen molar-refractivity contribution in [2.75, 3.05) is 12.4 Å². The number of H-pyrrole nitrogens is 1. The van der Waals surface area contributed by atoms with Gasteiger partial charge in [0.1, 0.15) is 11.8 Å². The number of fused-ring (bicyclic) bond motifs is 1. The summed E-state index contributed by atoms with van der Waals surface area (Å²) in [6, 6.07) is 5.78. The van der Waals surface area contributed by atoms with Crippen LogP contribution in [-0.2, 0) is 11.8 Å². The number of hydrogen-bond donors (Lipinski definition) is 2. The molecule has 0 amide bonds. The van der Waals surface area contributed by atoms with Crippen LogP contribution in [-0.4, -0.2) is 37.7 Å². The van der Waals surface area contributed by atoms with Gasteiger partial charge in [-0.25, -0.2) is 9.97 Å². The Balaban J connectivity index is 1.74. The zero-order valence-corrected chi connectivity index (χ0v) is 19.4. The average Bonchev–Trinajstić information content (AvgIpc) is 3.16. The van der Waals surface area contributed by atoms with Gasteiger partial charge < -0.3 is 15.0 Å². The van der Waals surface area contributed by atoms with Crippen LogP contribution in [0, 0.1) is 6.92 Å². The first-order valence-corrected chi connectivity index (χ1v) is 10.6. The van der Waals surface area contributed by atoms with Crippen LogP contribution in [0.15, 0.2) is 41.6 Å². The number of aromatic amines is 1. The van der Waals surface area contributed by atoms with Crippen molar-refractivity contribution >= 4 is 28.6 Å². The van der Waals surface area contributed by atoms with Crippen molar-refractivity contribution in [3.63, 3.8) is 0 Å². The first-order valence-electron chi connectivity index (χ1n) is 10.3. The van der Waals surface area contributed by atoms with Gasteiger partial charge in [0, 0.05) is 61.0 Å². The Kier molecular flexibility index (Phi) is 5.99. The molecule has 0 spiro atoms. The fraction of sp³-hybridized carbons (Fsp3) is 0.304. The van der Waals surface area contributed by atoms with E-state index in [4.69, 9.17) is 21.3 Å². The molecule has 32 heavy (non-hydrogen) atoms. The SMILES string of the molecule is COC(c1ccc(-c2cnc(NC(C)C)n(C)c2=O)nc1C)c1c[nH]c2ncc(Cl)cc12. The van der Waals surface area contributed by atoms with Gasteiger partial charge >= 0.3 is 0 Å². The number of aromatic nitrogens is 5. The van der Waals surface area contributed by atoms with Crippen LogP contribution in [0.25, 0.3) is 22.3 Å². The predicted molar refractivity (Wildman–Crippen MR) is 126 cm³/mol. The number of nitrogens with one attached hydrogen (secondary N) is 2. The van der Waals surface area contributed by atoms with Gasteiger partial charge in [0.15, 0.2) is 0 Å². The number of halogens is 1. The molecule has 4 aromatic rings. The van der Waals surface area contributed by atoms with Gasteiger partial charge in [0.2, 0.25) is 5.95 Å². The topological polar surface area (TPSA) is 97.7 Å². The lowest BCUT2D eigenvalue weighted by molar-refractivity contribution is 0.137. The van der Waals surface area contributed by atoms with E-state index in [-0.39, 0.29) is 17.7 Å². The van der Waals surface area contributed by atoms with E-state index >= 15 is 0 Å². The fourth-order valence-corrected chi connectivity index (χ4v) is 3.91. The van der Waals surface area contributed by atoms with Gasteiger partial charge in [-0.1, -0.05) is 17.7 Å². The van der Waals surface area contributed by atoms with Crippen LogP contribution >= 0.6 is 11.6 Å². The van der Waals surface area contributed by atoms with Gasteiger partial charge in [0.05, 0.1) is 16.3 Å². The highest BCUT2D eigenvalue weighted by Crippen LogP contribution is 2.33. The third-order valence-electron chi connectivity index (χ3n) is 5.32. The van der Waals surface area contributed by atoms with Gasteiger partial charge in [-0.05, 0) is 32.9 Å². The summed E-state index contributed by atoms with van der Waals surface area (Å²) in [5, 5.41) is 4.61. The zero-order chi connectivity index (χ0) is 23.0. The number of anilines is 1. The maximum absolute atomic E-state index is 12.9. The summed E-state index contributed by atoms with van der Waals surface area (Å²) in [6.07, 6.45) is 4.67. The molecular weight excluding hydrogens is 428 g/mol. The number of pyridine rings is 2. The van der Waals surface area contributed by atoms with Crippen molar-refractivity contribution in [1.82, 2.24) is 24.5 Å². The third kappa shape index (κ3) is 3.99. The lowest BCUT2D eigenvalue weighted by Gasteiger charge is -2.18. The van der Waals surface area contributed by atoms with Gasteiger partial charge in [-0.3, -0.25) is 14.3 Å². The second kappa shape index (κ2) is 8.72. The predicted octanol–water partition coefficient (Wildman–Crippen LogP) is 4.24. The number of methoxy groups -OCH3 is 1. The molecule has 0 saturated carbocycles. The fourth-order valence-electron chi connectivity index (χ4n) is 3.75. The monoisotopic (exact) mass is 452 g/mol. The van der Waals surface area contributed by atoms with E-state index in [9.17, 15) is 4.79 Å². The highest BCUT2D eigenvalue weighted by atomic mass is 35.5. The molecule has 8 nitrogen and oxygen atoms in total. The summed E-state index contributed by atoms with van der Waals surface area (Å²) < 4.78 is 7.33. The Morgan fingerprint density at radius 2 is 1.97 bits per heavy atom. The van der Waals surface area contributed by atoms with Gasteiger partial charge in [-0.15, -0.1) is 0 Å². The lowest BCUT2D eigenvalue weighted by Crippen LogP contribution is -2.26.